The Kier molecular flexibility index (Phi) is 4.91. The van der Waals surface area contributed by atoms with E-state index in [1.54, 1.807) is 42.5 Å². The molecule has 1 heterocycles. The third-order valence-corrected chi connectivity index (χ3v) is 5.02. The van der Waals surface area contributed by atoms with Gasteiger partial charge in [-0.2, -0.15) is 4.98 Å². The highest BCUT2D eigenvalue weighted by atomic mass is 32.2. The number of halogens is 1. The van der Waals surface area contributed by atoms with E-state index >= 15 is 0 Å². The summed E-state index contributed by atoms with van der Waals surface area (Å²) in [4.78, 5) is 4.28. The lowest BCUT2D eigenvalue weighted by molar-refractivity contribution is 0.378. The summed E-state index contributed by atoms with van der Waals surface area (Å²) < 4.78 is 45.6. The first-order chi connectivity index (χ1) is 12.0. The Morgan fingerprint density at radius 1 is 1.12 bits per heavy atom. The van der Waals surface area contributed by atoms with Gasteiger partial charge in [0.2, 0.25) is 21.7 Å². The maximum Gasteiger partial charge on any atom is 0.240 e. The molecule has 0 saturated carbocycles. The van der Waals surface area contributed by atoms with E-state index in [0.717, 1.165) is 5.56 Å². The van der Waals surface area contributed by atoms with Crippen LogP contribution in [0.2, 0.25) is 0 Å². The third-order valence-electron chi connectivity index (χ3n) is 3.55. The van der Waals surface area contributed by atoms with Gasteiger partial charge < -0.3 is 4.52 Å². The monoisotopic (exact) mass is 361 g/mol. The molecular weight excluding hydrogens is 345 g/mol. The standard InChI is InChI=1S/C17H16FN3O3S/c1-12-6-8-13(9-7-12)25(22,23)19-11-10-16-20-17(21-24-16)14-4-2-3-5-15(14)18/h2-9,19H,10-11H2,1H3. The Labute approximate surface area is 144 Å². The van der Waals surface area contributed by atoms with E-state index < -0.39 is 15.8 Å². The predicted molar refractivity (Wildman–Crippen MR) is 89.8 cm³/mol. The highest BCUT2D eigenvalue weighted by Crippen LogP contribution is 2.19. The number of hydrogen-bond acceptors (Lipinski definition) is 5. The lowest BCUT2D eigenvalue weighted by Crippen LogP contribution is -2.26. The summed E-state index contributed by atoms with van der Waals surface area (Å²) in [6, 6.07) is 12.6. The first kappa shape index (κ1) is 17.2. The Morgan fingerprint density at radius 3 is 2.56 bits per heavy atom. The largest absolute Gasteiger partial charge is 0.339 e. The number of nitrogens with one attached hydrogen (secondary N) is 1. The molecule has 0 unspecified atom stereocenters. The highest BCUT2D eigenvalue weighted by molar-refractivity contribution is 7.89. The summed E-state index contributed by atoms with van der Waals surface area (Å²) in [7, 11) is -3.60. The molecule has 3 rings (SSSR count). The molecule has 8 heteroatoms. The molecule has 1 aromatic heterocycles. The second-order valence-corrected chi connectivity index (χ2v) is 7.22. The molecule has 0 saturated heterocycles. The quantitative estimate of drug-likeness (QED) is 0.730. The SMILES string of the molecule is Cc1ccc(S(=O)(=O)NCCc2nc(-c3ccccc3F)no2)cc1. The molecule has 0 aliphatic carbocycles. The van der Waals surface area contributed by atoms with Gasteiger partial charge >= 0.3 is 0 Å². The smallest absolute Gasteiger partial charge is 0.240 e. The van der Waals surface area contributed by atoms with Crippen molar-refractivity contribution < 1.29 is 17.3 Å². The van der Waals surface area contributed by atoms with Crippen LogP contribution in [0, 0.1) is 12.7 Å². The number of aryl methyl sites for hydroxylation is 1. The molecular formula is C17H16FN3O3S. The van der Waals surface area contributed by atoms with E-state index in [2.05, 4.69) is 14.9 Å². The van der Waals surface area contributed by atoms with Gasteiger partial charge in [0.1, 0.15) is 5.82 Å². The topological polar surface area (TPSA) is 85.1 Å². The predicted octanol–water partition coefficient (Wildman–Crippen LogP) is 2.71. The molecule has 1 N–H and O–H groups in total. The van der Waals surface area contributed by atoms with E-state index in [1.807, 2.05) is 6.92 Å². The minimum absolute atomic E-state index is 0.0924. The van der Waals surface area contributed by atoms with Crippen molar-refractivity contribution in [1.29, 1.82) is 0 Å². The van der Waals surface area contributed by atoms with Gasteiger partial charge in [0.15, 0.2) is 0 Å². The third kappa shape index (κ3) is 4.09. The zero-order chi connectivity index (χ0) is 17.9. The number of nitrogens with zero attached hydrogens (tertiary/aromatic N) is 2. The number of sulfonamides is 1. The average Bonchev–Trinajstić information content (AvgIpc) is 3.04. The first-order valence-corrected chi connectivity index (χ1v) is 9.08. The fourth-order valence-corrected chi connectivity index (χ4v) is 3.23. The summed E-state index contributed by atoms with van der Waals surface area (Å²) in [6.07, 6.45) is 0.201. The Bertz CT molecular complexity index is 969. The van der Waals surface area contributed by atoms with Crippen molar-refractivity contribution in [3.63, 3.8) is 0 Å². The number of benzene rings is 2. The summed E-state index contributed by atoms with van der Waals surface area (Å²) in [6.45, 7) is 1.97. The van der Waals surface area contributed by atoms with Gasteiger partial charge in [-0.05, 0) is 31.2 Å². The zero-order valence-corrected chi connectivity index (χ0v) is 14.3. The maximum atomic E-state index is 13.7. The lowest BCUT2D eigenvalue weighted by Gasteiger charge is -2.05. The molecule has 0 radical (unpaired) electrons. The van der Waals surface area contributed by atoms with Gasteiger partial charge in [0.05, 0.1) is 10.5 Å². The number of rotatable bonds is 6. The van der Waals surface area contributed by atoms with Crippen molar-refractivity contribution in [1.82, 2.24) is 14.9 Å². The van der Waals surface area contributed by atoms with Crippen LogP contribution in [0.5, 0.6) is 0 Å². The Balaban J connectivity index is 1.63. The summed E-state index contributed by atoms with van der Waals surface area (Å²) in [5.74, 6) is -0.0886. The van der Waals surface area contributed by atoms with Gasteiger partial charge in [0, 0.05) is 13.0 Å². The van der Waals surface area contributed by atoms with E-state index in [0.29, 0.717) is 0 Å². The first-order valence-electron chi connectivity index (χ1n) is 7.59. The van der Waals surface area contributed by atoms with Crippen LogP contribution in [0.15, 0.2) is 57.9 Å². The fourth-order valence-electron chi connectivity index (χ4n) is 2.20. The summed E-state index contributed by atoms with van der Waals surface area (Å²) in [5.41, 5.74) is 1.21. The molecule has 0 aliphatic heterocycles. The van der Waals surface area contributed by atoms with Crippen molar-refractivity contribution in [2.45, 2.75) is 18.2 Å². The highest BCUT2D eigenvalue weighted by Gasteiger charge is 2.15. The minimum atomic E-state index is -3.60. The summed E-state index contributed by atoms with van der Waals surface area (Å²) in [5, 5.41) is 3.73. The number of hydrogen-bond donors (Lipinski definition) is 1. The maximum absolute atomic E-state index is 13.7. The van der Waals surface area contributed by atoms with Crippen LogP contribution in [0.1, 0.15) is 11.5 Å². The van der Waals surface area contributed by atoms with Gasteiger partial charge in [-0.25, -0.2) is 17.5 Å². The Morgan fingerprint density at radius 2 is 1.84 bits per heavy atom. The molecule has 0 spiro atoms. The van der Waals surface area contributed by atoms with Crippen molar-refractivity contribution >= 4 is 10.0 Å². The molecule has 25 heavy (non-hydrogen) atoms. The summed E-state index contributed by atoms with van der Waals surface area (Å²) >= 11 is 0. The minimum Gasteiger partial charge on any atom is -0.339 e. The molecule has 0 fully saturated rings. The molecule has 0 atom stereocenters. The van der Waals surface area contributed by atoms with Crippen LogP contribution in [0.3, 0.4) is 0 Å². The lowest BCUT2D eigenvalue weighted by atomic mass is 10.2. The van der Waals surface area contributed by atoms with E-state index in [-0.39, 0.29) is 35.1 Å². The van der Waals surface area contributed by atoms with Crippen LogP contribution in [0.25, 0.3) is 11.4 Å². The van der Waals surface area contributed by atoms with Crippen LogP contribution < -0.4 is 4.72 Å². The fraction of sp³-hybridized carbons (Fsp3) is 0.176. The van der Waals surface area contributed by atoms with Gasteiger partial charge in [0.25, 0.3) is 0 Å². The van der Waals surface area contributed by atoms with Gasteiger partial charge in [-0.3, -0.25) is 0 Å². The van der Waals surface area contributed by atoms with Crippen LogP contribution in [-0.2, 0) is 16.4 Å². The normalized spacial score (nSPS) is 11.6. The molecule has 3 aromatic rings. The van der Waals surface area contributed by atoms with Crippen LogP contribution in [0.4, 0.5) is 4.39 Å². The Hall–Kier alpha value is -2.58. The van der Waals surface area contributed by atoms with Crippen molar-refractivity contribution in [3.8, 4) is 11.4 Å². The van der Waals surface area contributed by atoms with Gasteiger partial charge in [-0.1, -0.05) is 35.0 Å². The molecule has 6 nitrogen and oxygen atoms in total. The van der Waals surface area contributed by atoms with Crippen molar-refractivity contribution in [2.75, 3.05) is 6.54 Å². The average molecular weight is 361 g/mol. The number of aromatic nitrogens is 2. The van der Waals surface area contributed by atoms with Gasteiger partial charge in [-0.15, -0.1) is 0 Å². The second kappa shape index (κ2) is 7.12. The van der Waals surface area contributed by atoms with E-state index in [9.17, 15) is 12.8 Å². The van der Waals surface area contributed by atoms with Crippen LogP contribution >= 0.6 is 0 Å². The molecule has 0 bridgehead atoms. The molecule has 0 amide bonds. The van der Waals surface area contributed by atoms with E-state index in [4.69, 9.17) is 4.52 Å². The molecule has 0 aliphatic rings. The van der Waals surface area contributed by atoms with Crippen LogP contribution in [-0.4, -0.2) is 25.1 Å². The van der Waals surface area contributed by atoms with Crippen molar-refractivity contribution in [2.24, 2.45) is 0 Å². The van der Waals surface area contributed by atoms with E-state index in [1.165, 1.54) is 6.07 Å². The molecule has 2 aromatic carbocycles. The zero-order valence-electron chi connectivity index (χ0n) is 13.4. The second-order valence-electron chi connectivity index (χ2n) is 5.45. The van der Waals surface area contributed by atoms with Crippen molar-refractivity contribution in [3.05, 3.63) is 65.8 Å². The molecule has 130 valence electrons.